The summed E-state index contributed by atoms with van der Waals surface area (Å²) in [5, 5.41) is 3.32. The number of rotatable bonds is 5. The summed E-state index contributed by atoms with van der Waals surface area (Å²) < 4.78 is 53.0. The molecule has 10 heteroatoms. The van der Waals surface area contributed by atoms with Gasteiger partial charge in [0.2, 0.25) is 15.9 Å². The zero-order valence-corrected chi connectivity index (χ0v) is 18.1. The molecular weight excluding hydrogens is 436 g/mol. The fourth-order valence-corrected chi connectivity index (χ4v) is 5.17. The van der Waals surface area contributed by atoms with Crippen LogP contribution in [0.5, 0.6) is 0 Å². The summed E-state index contributed by atoms with van der Waals surface area (Å²) in [7, 11) is -0.230. The highest BCUT2D eigenvalue weighted by Crippen LogP contribution is 2.29. The molecular formula is C20H22ClF2N3O3S. The minimum atomic E-state index is -3.96. The highest BCUT2D eigenvalue weighted by atomic mass is 35.5. The smallest absolute Gasteiger partial charge is 0.243 e. The minimum absolute atomic E-state index is 0.111. The quantitative estimate of drug-likeness (QED) is 0.742. The molecule has 6 nitrogen and oxygen atoms in total. The van der Waals surface area contributed by atoms with Gasteiger partial charge in [-0.25, -0.2) is 17.2 Å². The summed E-state index contributed by atoms with van der Waals surface area (Å²) in [6.07, 6.45) is 0.635. The van der Waals surface area contributed by atoms with Crippen LogP contribution in [0.15, 0.2) is 41.3 Å². The van der Waals surface area contributed by atoms with Gasteiger partial charge in [0.15, 0.2) is 11.6 Å². The Morgan fingerprint density at radius 3 is 2.33 bits per heavy atom. The van der Waals surface area contributed by atoms with E-state index in [9.17, 15) is 22.0 Å². The largest absolute Gasteiger partial charge is 0.376 e. The van der Waals surface area contributed by atoms with E-state index >= 15 is 0 Å². The molecule has 1 N–H and O–H groups in total. The van der Waals surface area contributed by atoms with Crippen LogP contribution >= 0.6 is 11.6 Å². The van der Waals surface area contributed by atoms with Crippen molar-refractivity contribution in [3.05, 3.63) is 53.1 Å². The summed E-state index contributed by atoms with van der Waals surface area (Å²) in [6, 6.07) is 7.71. The lowest BCUT2D eigenvalue weighted by Gasteiger charge is -2.30. The lowest BCUT2D eigenvalue weighted by Crippen LogP contribution is -2.41. The summed E-state index contributed by atoms with van der Waals surface area (Å²) >= 11 is 6.23. The summed E-state index contributed by atoms with van der Waals surface area (Å²) in [6.45, 7) is 0.222. The maximum Gasteiger partial charge on any atom is 0.243 e. The van der Waals surface area contributed by atoms with Crippen molar-refractivity contribution >= 4 is 38.9 Å². The van der Waals surface area contributed by atoms with Crippen LogP contribution in [0.3, 0.4) is 0 Å². The van der Waals surface area contributed by atoms with Crippen molar-refractivity contribution < 1.29 is 22.0 Å². The van der Waals surface area contributed by atoms with Crippen molar-refractivity contribution in [2.75, 3.05) is 37.4 Å². The molecule has 3 rings (SSSR count). The van der Waals surface area contributed by atoms with Gasteiger partial charge < -0.3 is 10.2 Å². The molecule has 30 heavy (non-hydrogen) atoms. The molecule has 1 heterocycles. The SMILES string of the molecule is CN(C)c1ccc(NC(=O)C2CCN(S(=O)(=O)c3ccc(F)c(F)c3)CC2)cc1Cl. The number of anilines is 2. The molecule has 0 aliphatic carbocycles. The standard InChI is InChI=1S/C20H22ClF2N3O3S/c1-25(2)19-6-3-14(11-16(19)21)24-20(27)13-7-9-26(10-8-13)30(28,29)15-4-5-17(22)18(23)12-15/h3-6,11-13H,7-10H2,1-2H3,(H,24,27). The maximum absolute atomic E-state index is 13.4. The van der Waals surface area contributed by atoms with E-state index in [0.717, 1.165) is 17.8 Å². The Balaban J connectivity index is 1.63. The van der Waals surface area contributed by atoms with Gasteiger partial charge in [-0.3, -0.25) is 4.79 Å². The predicted molar refractivity (Wildman–Crippen MR) is 112 cm³/mol. The molecule has 2 aromatic rings. The van der Waals surface area contributed by atoms with Gasteiger partial charge >= 0.3 is 0 Å². The second-order valence-corrected chi connectivity index (χ2v) is 9.65. The number of amides is 1. The van der Waals surface area contributed by atoms with Gasteiger partial charge in [0.25, 0.3) is 0 Å². The first-order valence-corrected chi connectivity index (χ1v) is 11.1. The average molecular weight is 458 g/mol. The number of nitrogens with zero attached hydrogens (tertiary/aromatic N) is 2. The van der Waals surface area contributed by atoms with Crippen LogP contribution in [-0.2, 0) is 14.8 Å². The molecule has 0 bridgehead atoms. The molecule has 0 radical (unpaired) electrons. The van der Waals surface area contributed by atoms with E-state index in [-0.39, 0.29) is 29.8 Å². The van der Waals surface area contributed by atoms with E-state index in [1.54, 1.807) is 18.2 Å². The Labute approximate surface area is 179 Å². The second-order valence-electron chi connectivity index (χ2n) is 7.30. The molecule has 0 atom stereocenters. The van der Waals surface area contributed by atoms with Crippen molar-refractivity contribution in [2.45, 2.75) is 17.7 Å². The number of carbonyl (C=O) groups is 1. The highest BCUT2D eigenvalue weighted by molar-refractivity contribution is 7.89. The van der Waals surface area contributed by atoms with Crippen molar-refractivity contribution in [3.63, 3.8) is 0 Å². The number of sulfonamides is 1. The van der Waals surface area contributed by atoms with Crippen molar-refractivity contribution in [1.82, 2.24) is 4.31 Å². The van der Waals surface area contributed by atoms with E-state index in [0.29, 0.717) is 29.6 Å². The molecule has 0 spiro atoms. The number of halogens is 3. The fraction of sp³-hybridized carbons (Fsp3) is 0.350. The molecule has 1 fully saturated rings. The molecule has 1 amide bonds. The highest BCUT2D eigenvalue weighted by Gasteiger charge is 2.32. The molecule has 0 unspecified atom stereocenters. The Kier molecular flexibility index (Phi) is 6.64. The van der Waals surface area contributed by atoms with Crippen LogP contribution in [0.2, 0.25) is 5.02 Å². The second kappa shape index (κ2) is 8.87. The third kappa shape index (κ3) is 4.74. The zero-order chi connectivity index (χ0) is 22.1. The van der Waals surface area contributed by atoms with Gasteiger partial charge in [-0.2, -0.15) is 4.31 Å². The van der Waals surface area contributed by atoms with Crippen LogP contribution in [0, 0.1) is 17.6 Å². The van der Waals surface area contributed by atoms with Gasteiger partial charge in [0.05, 0.1) is 15.6 Å². The monoisotopic (exact) mass is 457 g/mol. The van der Waals surface area contributed by atoms with Gasteiger partial charge in [-0.1, -0.05) is 11.6 Å². The lowest BCUT2D eigenvalue weighted by atomic mass is 9.97. The first-order chi connectivity index (χ1) is 14.1. The van der Waals surface area contributed by atoms with Crippen LogP contribution in [0.4, 0.5) is 20.2 Å². The normalized spacial score (nSPS) is 15.8. The Hall–Kier alpha value is -2.23. The van der Waals surface area contributed by atoms with Gasteiger partial charge in [0.1, 0.15) is 0 Å². The maximum atomic E-state index is 13.4. The molecule has 162 valence electrons. The minimum Gasteiger partial charge on any atom is -0.376 e. The summed E-state index contributed by atoms with van der Waals surface area (Å²) in [4.78, 5) is 14.1. The molecule has 1 aliphatic heterocycles. The number of hydrogen-bond acceptors (Lipinski definition) is 4. The number of benzene rings is 2. The van der Waals surface area contributed by atoms with E-state index < -0.39 is 21.7 Å². The first-order valence-electron chi connectivity index (χ1n) is 9.32. The summed E-state index contributed by atoms with van der Waals surface area (Å²) in [5.74, 6) is -2.91. The van der Waals surface area contributed by atoms with Gasteiger partial charge in [-0.15, -0.1) is 0 Å². The Bertz CT molecular complexity index is 1060. The number of piperidine rings is 1. The third-order valence-electron chi connectivity index (χ3n) is 5.05. The Morgan fingerprint density at radius 2 is 1.77 bits per heavy atom. The van der Waals surface area contributed by atoms with E-state index in [1.807, 2.05) is 19.0 Å². The van der Waals surface area contributed by atoms with Crippen molar-refractivity contribution in [2.24, 2.45) is 5.92 Å². The number of nitrogens with one attached hydrogen (secondary N) is 1. The lowest BCUT2D eigenvalue weighted by molar-refractivity contribution is -0.120. The average Bonchev–Trinajstić information content (AvgIpc) is 2.69. The molecule has 1 saturated heterocycles. The van der Waals surface area contributed by atoms with Gasteiger partial charge in [-0.05, 0) is 49.2 Å². The summed E-state index contributed by atoms with van der Waals surface area (Å²) in [5.41, 5.74) is 1.39. The molecule has 0 aromatic heterocycles. The van der Waals surface area contributed by atoms with Crippen LogP contribution in [0.25, 0.3) is 0 Å². The van der Waals surface area contributed by atoms with E-state index in [1.165, 1.54) is 4.31 Å². The molecule has 1 aliphatic rings. The predicted octanol–water partition coefficient (Wildman–Crippen LogP) is 3.72. The zero-order valence-electron chi connectivity index (χ0n) is 16.5. The number of hydrogen-bond donors (Lipinski definition) is 1. The van der Waals surface area contributed by atoms with Crippen molar-refractivity contribution in [3.8, 4) is 0 Å². The van der Waals surface area contributed by atoms with E-state index in [4.69, 9.17) is 11.6 Å². The topological polar surface area (TPSA) is 69.7 Å². The molecule has 0 saturated carbocycles. The Morgan fingerprint density at radius 1 is 1.10 bits per heavy atom. The first kappa shape index (κ1) is 22.5. The van der Waals surface area contributed by atoms with Gasteiger partial charge in [0, 0.05) is 38.8 Å². The van der Waals surface area contributed by atoms with Crippen LogP contribution in [0.1, 0.15) is 12.8 Å². The van der Waals surface area contributed by atoms with E-state index in [2.05, 4.69) is 5.32 Å². The third-order valence-corrected chi connectivity index (χ3v) is 7.25. The van der Waals surface area contributed by atoms with Crippen molar-refractivity contribution in [1.29, 1.82) is 0 Å². The number of carbonyl (C=O) groups excluding carboxylic acids is 1. The van der Waals surface area contributed by atoms with Crippen LogP contribution < -0.4 is 10.2 Å². The molecule has 2 aromatic carbocycles. The fourth-order valence-electron chi connectivity index (χ4n) is 3.34. The van der Waals surface area contributed by atoms with Crippen LogP contribution in [-0.4, -0.2) is 45.8 Å².